The van der Waals surface area contributed by atoms with Crippen LogP contribution in [0.5, 0.6) is 0 Å². The summed E-state index contributed by atoms with van der Waals surface area (Å²) in [4.78, 5) is 2.03. The number of aliphatic hydroxyl groups is 1. The first-order valence-corrected chi connectivity index (χ1v) is 8.24. The van der Waals surface area contributed by atoms with Gasteiger partial charge in [-0.15, -0.1) is 0 Å². The molecule has 0 bridgehead atoms. The fraction of sp³-hybridized carbons (Fsp3) is 0.538. The molecule has 6 heteroatoms. The van der Waals surface area contributed by atoms with Crippen LogP contribution in [0.1, 0.15) is 13.3 Å². The maximum atomic E-state index is 11.1. The molecule has 0 spiro atoms. The first kappa shape index (κ1) is 15.9. The van der Waals surface area contributed by atoms with Gasteiger partial charge in [0, 0.05) is 18.8 Å². The SMILES string of the molecule is CCC(CO)N(CCNS(C)(=O)=O)c1ccccc1. The Morgan fingerprint density at radius 3 is 2.42 bits per heavy atom. The van der Waals surface area contributed by atoms with Crippen LogP contribution in [0.4, 0.5) is 5.69 Å². The number of sulfonamides is 1. The van der Waals surface area contributed by atoms with Crippen molar-refractivity contribution in [3.8, 4) is 0 Å². The Morgan fingerprint density at radius 2 is 1.95 bits per heavy atom. The number of para-hydroxylation sites is 1. The molecule has 1 atom stereocenters. The molecule has 0 saturated carbocycles. The third kappa shape index (κ3) is 5.59. The number of nitrogens with zero attached hydrogens (tertiary/aromatic N) is 1. The van der Waals surface area contributed by atoms with Gasteiger partial charge in [-0.3, -0.25) is 0 Å². The molecule has 0 heterocycles. The summed E-state index contributed by atoms with van der Waals surface area (Å²) in [6, 6.07) is 9.68. The van der Waals surface area contributed by atoms with Crippen molar-refractivity contribution in [2.24, 2.45) is 0 Å². The molecular formula is C13H22N2O3S. The van der Waals surface area contributed by atoms with E-state index in [0.29, 0.717) is 13.1 Å². The lowest BCUT2D eigenvalue weighted by atomic mass is 10.1. The number of benzene rings is 1. The molecule has 0 amide bonds. The van der Waals surface area contributed by atoms with Crippen molar-refractivity contribution in [3.63, 3.8) is 0 Å². The van der Waals surface area contributed by atoms with Gasteiger partial charge in [0.15, 0.2) is 0 Å². The van der Waals surface area contributed by atoms with Crippen LogP contribution >= 0.6 is 0 Å². The minimum atomic E-state index is -3.18. The molecule has 0 aliphatic carbocycles. The van der Waals surface area contributed by atoms with Crippen LogP contribution in [0.25, 0.3) is 0 Å². The molecule has 1 unspecified atom stereocenters. The van der Waals surface area contributed by atoms with E-state index >= 15 is 0 Å². The predicted molar refractivity (Wildman–Crippen MR) is 77.8 cm³/mol. The lowest BCUT2D eigenvalue weighted by Crippen LogP contribution is -2.42. The van der Waals surface area contributed by atoms with Gasteiger partial charge in [-0.25, -0.2) is 13.1 Å². The Morgan fingerprint density at radius 1 is 1.32 bits per heavy atom. The Kier molecular flexibility index (Phi) is 6.27. The molecule has 0 aliphatic heterocycles. The molecule has 0 aromatic heterocycles. The molecule has 2 N–H and O–H groups in total. The molecule has 1 rings (SSSR count). The molecule has 0 aliphatic rings. The highest BCUT2D eigenvalue weighted by Crippen LogP contribution is 2.17. The molecule has 0 radical (unpaired) electrons. The molecule has 108 valence electrons. The normalized spacial score (nSPS) is 13.2. The standard InChI is InChI=1S/C13H22N2O3S/c1-3-12(11-16)15(10-9-14-19(2,17)18)13-7-5-4-6-8-13/h4-8,12,14,16H,3,9-11H2,1-2H3. The Labute approximate surface area is 115 Å². The Bertz CT molecular complexity index is 458. The zero-order chi connectivity index (χ0) is 14.3. The van der Waals surface area contributed by atoms with E-state index in [4.69, 9.17) is 0 Å². The predicted octanol–water partition coefficient (Wildman–Crippen LogP) is 0.813. The highest BCUT2D eigenvalue weighted by Gasteiger charge is 2.16. The monoisotopic (exact) mass is 286 g/mol. The summed E-state index contributed by atoms with van der Waals surface area (Å²) in [5, 5.41) is 9.44. The fourth-order valence-corrected chi connectivity index (χ4v) is 2.40. The molecule has 0 fully saturated rings. The second-order valence-corrected chi connectivity index (χ2v) is 6.27. The quantitative estimate of drug-likeness (QED) is 0.742. The number of anilines is 1. The zero-order valence-corrected chi connectivity index (χ0v) is 12.2. The van der Waals surface area contributed by atoms with Gasteiger partial charge < -0.3 is 10.0 Å². The Hall–Kier alpha value is -1.11. The summed E-state index contributed by atoms with van der Waals surface area (Å²) in [6.07, 6.45) is 1.94. The van der Waals surface area contributed by atoms with Gasteiger partial charge in [-0.05, 0) is 18.6 Å². The van der Waals surface area contributed by atoms with Crippen LogP contribution in [-0.2, 0) is 10.0 Å². The van der Waals surface area contributed by atoms with Crippen LogP contribution in [-0.4, -0.2) is 45.5 Å². The molecular weight excluding hydrogens is 264 g/mol. The van der Waals surface area contributed by atoms with Gasteiger partial charge in [0.1, 0.15) is 0 Å². The van der Waals surface area contributed by atoms with E-state index < -0.39 is 10.0 Å². The van der Waals surface area contributed by atoms with Gasteiger partial charge in [-0.1, -0.05) is 25.1 Å². The highest BCUT2D eigenvalue weighted by molar-refractivity contribution is 7.88. The molecule has 1 aromatic carbocycles. The summed E-state index contributed by atoms with van der Waals surface area (Å²) >= 11 is 0. The number of hydrogen-bond acceptors (Lipinski definition) is 4. The van der Waals surface area contributed by atoms with Gasteiger partial charge in [-0.2, -0.15) is 0 Å². The second-order valence-electron chi connectivity index (χ2n) is 4.44. The average Bonchev–Trinajstić information content (AvgIpc) is 2.38. The van der Waals surface area contributed by atoms with Gasteiger partial charge >= 0.3 is 0 Å². The third-order valence-corrected chi connectivity index (χ3v) is 3.66. The van der Waals surface area contributed by atoms with Crippen molar-refractivity contribution in [2.75, 3.05) is 30.9 Å². The van der Waals surface area contributed by atoms with Crippen molar-refractivity contribution in [2.45, 2.75) is 19.4 Å². The summed E-state index contributed by atoms with van der Waals surface area (Å²) in [6.45, 7) is 2.89. The maximum absolute atomic E-state index is 11.1. The summed E-state index contributed by atoms with van der Waals surface area (Å²) in [5.74, 6) is 0. The van der Waals surface area contributed by atoms with Crippen LogP contribution < -0.4 is 9.62 Å². The maximum Gasteiger partial charge on any atom is 0.208 e. The third-order valence-electron chi connectivity index (χ3n) is 2.93. The number of hydrogen-bond donors (Lipinski definition) is 2. The Balaban J connectivity index is 2.76. The van der Waals surface area contributed by atoms with Crippen LogP contribution in [0, 0.1) is 0 Å². The largest absolute Gasteiger partial charge is 0.394 e. The van der Waals surface area contributed by atoms with Crippen LogP contribution in [0.2, 0.25) is 0 Å². The lowest BCUT2D eigenvalue weighted by molar-refractivity contribution is 0.256. The van der Waals surface area contributed by atoms with E-state index in [2.05, 4.69) is 4.72 Å². The van der Waals surface area contributed by atoms with Gasteiger partial charge in [0.05, 0.1) is 18.9 Å². The van der Waals surface area contributed by atoms with Crippen molar-refractivity contribution in [3.05, 3.63) is 30.3 Å². The second kappa shape index (κ2) is 7.47. The number of nitrogens with one attached hydrogen (secondary N) is 1. The van der Waals surface area contributed by atoms with E-state index in [0.717, 1.165) is 18.4 Å². The van der Waals surface area contributed by atoms with E-state index in [1.165, 1.54) is 0 Å². The van der Waals surface area contributed by atoms with E-state index in [1.807, 2.05) is 42.2 Å². The summed E-state index contributed by atoms with van der Waals surface area (Å²) in [5.41, 5.74) is 0.985. The minimum absolute atomic E-state index is 0.0104. The fourth-order valence-electron chi connectivity index (χ4n) is 1.94. The molecule has 5 nitrogen and oxygen atoms in total. The first-order valence-electron chi connectivity index (χ1n) is 6.35. The van der Waals surface area contributed by atoms with Crippen LogP contribution in [0.3, 0.4) is 0 Å². The molecule has 0 saturated heterocycles. The van der Waals surface area contributed by atoms with Crippen LogP contribution in [0.15, 0.2) is 30.3 Å². The van der Waals surface area contributed by atoms with E-state index in [9.17, 15) is 13.5 Å². The number of rotatable bonds is 8. The highest BCUT2D eigenvalue weighted by atomic mass is 32.2. The summed E-state index contributed by atoms with van der Waals surface area (Å²) < 4.78 is 24.6. The van der Waals surface area contributed by atoms with E-state index in [1.54, 1.807) is 0 Å². The zero-order valence-electron chi connectivity index (χ0n) is 11.4. The van der Waals surface area contributed by atoms with Crippen molar-refractivity contribution in [1.29, 1.82) is 0 Å². The van der Waals surface area contributed by atoms with Crippen molar-refractivity contribution >= 4 is 15.7 Å². The van der Waals surface area contributed by atoms with E-state index in [-0.39, 0.29) is 12.6 Å². The van der Waals surface area contributed by atoms with Crippen molar-refractivity contribution < 1.29 is 13.5 Å². The molecule has 1 aromatic rings. The minimum Gasteiger partial charge on any atom is -0.394 e. The van der Waals surface area contributed by atoms with Crippen molar-refractivity contribution in [1.82, 2.24) is 4.72 Å². The summed E-state index contributed by atoms with van der Waals surface area (Å²) in [7, 11) is -3.18. The number of aliphatic hydroxyl groups excluding tert-OH is 1. The topological polar surface area (TPSA) is 69.6 Å². The average molecular weight is 286 g/mol. The first-order chi connectivity index (χ1) is 8.98. The van der Waals surface area contributed by atoms with Gasteiger partial charge in [0.25, 0.3) is 0 Å². The smallest absolute Gasteiger partial charge is 0.208 e. The van der Waals surface area contributed by atoms with Gasteiger partial charge in [0.2, 0.25) is 10.0 Å². The molecule has 19 heavy (non-hydrogen) atoms. The lowest BCUT2D eigenvalue weighted by Gasteiger charge is -2.32.